The van der Waals surface area contributed by atoms with Gasteiger partial charge in [-0.15, -0.1) is 0 Å². The van der Waals surface area contributed by atoms with Gasteiger partial charge in [0.15, 0.2) is 9.84 Å². The van der Waals surface area contributed by atoms with E-state index in [9.17, 15) is 8.42 Å². The summed E-state index contributed by atoms with van der Waals surface area (Å²) in [4.78, 5) is 0.531. The summed E-state index contributed by atoms with van der Waals surface area (Å²) < 4.78 is 23.9. The molecule has 1 aromatic carbocycles. The zero-order valence-corrected chi connectivity index (χ0v) is 10.5. The van der Waals surface area contributed by atoms with Crippen molar-refractivity contribution in [3.05, 3.63) is 29.8 Å². The van der Waals surface area contributed by atoms with Gasteiger partial charge in [-0.3, -0.25) is 0 Å². The lowest BCUT2D eigenvalue weighted by Crippen LogP contribution is -2.40. The van der Waals surface area contributed by atoms with Crippen LogP contribution in [0.15, 0.2) is 29.2 Å². The first-order valence-corrected chi connectivity index (χ1v) is 7.90. The molecule has 0 aromatic heterocycles. The molecule has 3 nitrogen and oxygen atoms in total. The number of benzene rings is 1. The average Bonchev–Trinajstić information content (AvgIpc) is 2.26. The van der Waals surface area contributed by atoms with Crippen molar-refractivity contribution in [1.29, 1.82) is 0 Å². The van der Waals surface area contributed by atoms with Crippen LogP contribution in [0.3, 0.4) is 0 Å². The van der Waals surface area contributed by atoms with Crippen LogP contribution >= 0.6 is 0 Å². The smallest absolute Gasteiger partial charge is 0.178 e. The molecule has 0 radical (unpaired) electrons. The van der Waals surface area contributed by atoms with E-state index in [0.717, 1.165) is 5.56 Å². The van der Waals surface area contributed by atoms with Crippen LogP contribution in [0.5, 0.6) is 0 Å². The molecule has 1 aliphatic heterocycles. The minimum absolute atomic E-state index is 0.222. The summed E-state index contributed by atoms with van der Waals surface area (Å²) in [5.74, 6) is 0.272. The molecule has 17 heavy (non-hydrogen) atoms. The third kappa shape index (κ3) is 2.00. The highest BCUT2D eigenvalue weighted by Crippen LogP contribution is 2.33. The van der Waals surface area contributed by atoms with Gasteiger partial charge in [-0.05, 0) is 30.9 Å². The molecule has 0 amide bonds. The molecule has 0 bridgehead atoms. The van der Waals surface area contributed by atoms with Gasteiger partial charge < -0.3 is 5.32 Å². The lowest BCUT2D eigenvalue weighted by atomic mass is 9.91. The molecular weight excluding hydrogens is 234 g/mol. The largest absolute Gasteiger partial charge is 0.307 e. The Morgan fingerprint density at radius 1 is 1.12 bits per heavy atom. The Morgan fingerprint density at radius 3 is 2.59 bits per heavy atom. The molecule has 2 aliphatic rings. The molecule has 1 N–H and O–H groups in total. The van der Waals surface area contributed by atoms with Crippen LogP contribution in [0.25, 0.3) is 0 Å². The van der Waals surface area contributed by atoms with Crippen LogP contribution in [0.1, 0.15) is 37.3 Å². The average molecular weight is 251 g/mol. The summed E-state index contributed by atoms with van der Waals surface area (Å²) >= 11 is 0. The first kappa shape index (κ1) is 11.2. The van der Waals surface area contributed by atoms with E-state index in [1.165, 1.54) is 19.3 Å². The predicted molar refractivity (Wildman–Crippen MR) is 66.6 cm³/mol. The molecule has 1 unspecified atom stereocenters. The maximum atomic E-state index is 12.0. The third-order valence-corrected chi connectivity index (χ3v) is 5.66. The van der Waals surface area contributed by atoms with E-state index in [4.69, 9.17) is 0 Å². The van der Waals surface area contributed by atoms with Crippen LogP contribution < -0.4 is 5.32 Å². The summed E-state index contributed by atoms with van der Waals surface area (Å²) in [6.45, 7) is 0. The highest BCUT2D eigenvalue weighted by molar-refractivity contribution is 7.91. The van der Waals surface area contributed by atoms with E-state index in [2.05, 4.69) is 5.32 Å². The Balaban J connectivity index is 1.93. The molecule has 1 aliphatic carbocycles. The monoisotopic (exact) mass is 251 g/mol. The number of sulfone groups is 1. The fourth-order valence-electron chi connectivity index (χ4n) is 2.62. The quantitative estimate of drug-likeness (QED) is 0.875. The normalized spacial score (nSPS) is 27.2. The summed E-state index contributed by atoms with van der Waals surface area (Å²) in [5, 5.41) is 3.58. The molecule has 1 atom stereocenters. The molecule has 1 saturated carbocycles. The number of fused-ring (bicyclic) bond motifs is 1. The second-order valence-electron chi connectivity index (χ2n) is 4.99. The van der Waals surface area contributed by atoms with Gasteiger partial charge in [-0.25, -0.2) is 8.42 Å². The SMILES string of the molecule is O=S1(=O)CCC(NC2CCC2)c2ccccc21. The van der Waals surface area contributed by atoms with Gasteiger partial charge in [0.05, 0.1) is 10.6 Å². The fourth-order valence-corrected chi connectivity index (χ4v) is 4.24. The summed E-state index contributed by atoms with van der Waals surface area (Å²) in [7, 11) is -3.04. The van der Waals surface area contributed by atoms with Crippen molar-refractivity contribution in [2.75, 3.05) is 5.75 Å². The summed E-state index contributed by atoms with van der Waals surface area (Å²) in [6, 6.07) is 8.23. The Bertz CT molecular complexity index is 520. The summed E-state index contributed by atoms with van der Waals surface area (Å²) in [6.07, 6.45) is 4.46. The number of rotatable bonds is 2. The van der Waals surface area contributed by atoms with Crippen molar-refractivity contribution in [3.8, 4) is 0 Å². The Morgan fingerprint density at radius 2 is 1.88 bits per heavy atom. The first-order chi connectivity index (χ1) is 8.17. The Kier molecular flexibility index (Phi) is 2.71. The van der Waals surface area contributed by atoms with E-state index in [0.29, 0.717) is 17.4 Å². The van der Waals surface area contributed by atoms with Gasteiger partial charge in [0, 0.05) is 12.1 Å². The summed E-state index contributed by atoms with van der Waals surface area (Å²) in [5.41, 5.74) is 0.964. The lowest BCUT2D eigenvalue weighted by molar-refractivity contribution is 0.298. The van der Waals surface area contributed by atoms with Crippen LogP contribution in [-0.4, -0.2) is 20.2 Å². The highest BCUT2D eigenvalue weighted by Gasteiger charge is 2.31. The van der Waals surface area contributed by atoms with Gasteiger partial charge in [0.1, 0.15) is 0 Å². The van der Waals surface area contributed by atoms with E-state index in [1.807, 2.05) is 18.2 Å². The number of hydrogen-bond donors (Lipinski definition) is 1. The highest BCUT2D eigenvalue weighted by atomic mass is 32.2. The lowest BCUT2D eigenvalue weighted by Gasteiger charge is -2.34. The van der Waals surface area contributed by atoms with Gasteiger partial charge in [0.25, 0.3) is 0 Å². The van der Waals surface area contributed by atoms with Crippen molar-refractivity contribution >= 4 is 9.84 Å². The number of nitrogens with one attached hydrogen (secondary N) is 1. The molecule has 4 heteroatoms. The Hall–Kier alpha value is -0.870. The standard InChI is InChI=1S/C13H17NO2S/c15-17(16)9-8-12(14-10-4-3-5-10)11-6-1-2-7-13(11)17/h1-2,6-7,10,12,14H,3-5,8-9H2. The van der Waals surface area contributed by atoms with E-state index in [-0.39, 0.29) is 11.8 Å². The zero-order chi connectivity index (χ0) is 11.9. The van der Waals surface area contributed by atoms with E-state index < -0.39 is 9.84 Å². The van der Waals surface area contributed by atoms with Crippen LogP contribution in [-0.2, 0) is 9.84 Å². The molecule has 0 spiro atoms. The topological polar surface area (TPSA) is 46.2 Å². The minimum Gasteiger partial charge on any atom is -0.307 e. The van der Waals surface area contributed by atoms with Gasteiger partial charge in [0.2, 0.25) is 0 Å². The molecule has 1 fully saturated rings. The van der Waals surface area contributed by atoms with E-state index >= 15 is 0 Å². The minimum atomic E-state index is -3.04. The first-order valence-electron chi connectivity index (χ1n) is 6.24. The second kappa shape index (κ2) is 4.10. The van der Waals surface area contributed by atoms with E-state index in [1.54, 1.807) is 6.07 Å². The van der Waals surface area contributed by atoms with Crippen LogP contribution in [0, 0.1) is 0 Å². The second-order valence-corrected chi connectivity index (χ2v) is 7.07. The van der Waals surface area contributed by atoms with Crippen molar-refractivity contribution in [3.63, 3.8) is 0 Å². The zero-order valence-electron chi connectivity index (χ0n) is 9.72. The third-order valence-electron chi connectivity index (χ3n) is 3.85. The molecular formula is C13H17NO2S. The maximum absolute atomic E-state index is 12.0. The molecule has 3 rings (SSSR count). The Labute approximate surface area is 102 Å². The van der Waals surface area contributed by atoms with Crippen LogP contribution in [0.4, 0.5) is 0 Å². The van der Waals surface area contributed by atoms with Crippen molar-refractivity contribution in [2.24, 2.45) is 0 Å². The molecule has 92 valence electrons. The fraction of sp³-hybridized carbons (Fsp3) is 0.538. The molecule has 0 saturated heterocycles. The van der Waals surface area contributed by atoms with Crippen molar-refractivity contribution in [1.82, 2.24) is 5.32 Å². The van der Waals surface area contributed by atoms with Crippen LogP contribution in [0.2, 0.25) is 0 Å². The number of hydrogen-bond acceptors (Lipinski definition) is 3. The predicted octanol–water partition coefficient (Wildman–Crippen LogP) is 2.05. The van der Waals surface area contributed by atoms with Crippen molar-refractivity contribution in [2.45, 2.75) is 42.7 Å². The van der Waals surface area contributed by atoms with Gasteiger partial charge >= 0.3 is 0 Å². The van der Waals surface area contributed by atoms with Gasteiger partial charge in [-0.1, -0.05) is 24.6 Å². The van der Waals surface area contributed by atoms with Crippen molar-refractivity contribution < 1.29 is 8.42 Å². The molecule has 1 heterocycles. The maximum Gasteiger partial charge on any atom is 0.178 e. The van der Waals surface area contributed by atoms with Gasteiger partial charge in [-0.2, -0.15) is 0 Å². The molecule has 1 aromatic rings.